The van der Waals surface area contributed by atoms with E-state index in [1.807, 2.05) is 37.3 Å². The van der Waals surface area contributed by atoms with Crippen LogP contribution in [0.15, 0.2) is 54.6 Å². The zero-order chi connectivity index (χ0) is 15.1. The molecule has 110 valence electrons. The third-order valence-corrected chi connectivity index (χ3v) is 3.53. The summed E-state index contributed by atoms with van der Waals surface area (Å²) in [7, 11) is 0. The van der Waals surface area contributed by atoms with Crippen molar-refractivity contribution in [3.8, 4) is 0 Å². The van der Waals surface area contributed by atoms with Crippen molar-refractivity contribution in [2.45, 2.75) is 32.9 Å². The van der Waals surface area contributed by atoms with Gasteiger partial charge in [0.15, 0.2) is 0 Å². The monoisotopic (exact) mass is 282 g/mol. The van der Waals surface area contributed by atoms with Gasteiger partial charge in [0.2, 0.25) is 0 Å². The lowest BCUT2D eigenvalue weighted by Crippen LogP contribution is -2.36. The maximum absolute atomic E-state index is 11.9. The number of aryl methyl sites for hydroxylation is 1. The predicted molar refractivity (Wildman–Crippen MR) is 86.0 cm³/mol. The van der Waals surface area contributed by atoms with Crippen molar-refractivity contribution in [3.05, 3.63) is 71.3 Å². The average molecular weight is 282 g/mol. The Bertz CT molecular complexity index is 564. The molecule has 0 aliphatic carbocycles. The first-order chi connectivity index (χ1) is 10.2. The normalized spacial score (nSPS) is 11.7. The van der Waals surface area contributed by atoms with E-state index in [1.54, 1.807) is 0 Å². The molecule has 0 spiro atoms. The fourth-order valence-corrected chi connectivity index (χ4v) is 2.15. The summed E-state index contributed by atoms with van der Waals surface area (Å²) in [5, 5.41) is 5.83. The lowest BCUT2D eigenvalue weighted by Gasteiger charge is -2.15. The lowest BCUT2D eigenvalue weighted by atomic mass is 10.1. The molecular weight excluding hydrogens is 260 g/mol. The molecule has 2 aromatic rings. The number of benzene rings is 2. The number of urea groups is 1. The molecule has 3 heteroatoms. The number of hydrogen-bond acceptors (Lipinski definition) is 1. The fourth-order valence-electron chi connectivity index (χ4n) is 2.15. The van der Waals surface area contributed by atoms with Crippen molar-refractivity contribution >= 4 is 6.03 Å². The molecule has 2 aromatic carbocycles. The van der Waals surface area contributed by atoms with E-state index in [2.05, 4.69) is 41.8 Å². The van der Waals surface area contributed by atoms with Crippen molar-refractivity contribution in [2.24, 2.45) is 0 Å². The molecule has 0 saturated carbocycles. The van der Waals surface area contributed by atoms with E-state index in [-0.39, 0.29) is 12.1 Å². The Hall–Kier alpha value is -2.29. The highest BCUT2D eigenvalue weighted by Crippen LogP contribution is 2.13. The number of amides is 2. The number of carbonyl (C=O) groups excluding carboxylic acids is 1. The van der Waals surface area contributed by atoms with Gasteiger partial charge < -0.3 is 10.6 Å². The molecule has 0 heterocycles. The summed E-state index contributed by atoms with van der Waals surface area (Å²) in [6.45, 7) is 4.66. The van der Waals surface area contributed by atoms with Gasteiger partial charge in [0.05, 0.1) is 6.04 Å². The minimum atomic E-state index is -0.147. The number of hydrogen-bond donors (Lipinski definition) is 2. The second kappa shape index (κ2) is 7.48. The zero-order valence-corrected chi connectivity index (χ0v) is 12.6. The molecule has 2 rings (SSSR count). The van der Waals surface area contributed by atoms with Crippen LogP contribution in [0.4, 0.5) is 4.79 Å². The SMILES string of the molecule is CCc1ccc(C(C)NC(=O)NCc2ccccc2)cc1. The standard InChI is InChI=1S/C18H22N2O/c1-3-15-9-11-17(12-10-15)14(2)20-18(21)19-13-16-7-5-4-6-8-16/h4-12,14H,3,13H2,1-2H3,(H2,19,20,21). The van der Waals surface area contributed by atoms with Crippen LogP contribution in [0.5, 0.6) is 0 Å². The number of rotatable bonds is 5. The molecular formula is C18H22N2O. The number of nitrogens with one attached hydrogen (secondary N) is 2. The average Bonchev–Trinajstić information content (AvgIpc) is 2.54. The second-order valence-corrected chi connectivity index (χ2v) is 5.13. The van der Waals surface area contributed by atoms with Crippen LogP contribution < -0.4 is 10.6 Å². The van der Waals surface area contributed by atoms with Crippen LogP contribution in [0.1, 0.15) is 36.6 Å². The molecule has 0 fully saturated rings. The molecule has 0 aliphatic rings. The summed E-state index contributed by atoms with van der Waals surface area (Å²) in [6, 6.07) is 18.1. The Morgan fingerprint density at radius 2 is 1.67 bits per heavy atom. The lowest BCUT2D eigenvalue weighted by molar-refractivity contribution is 0.237. The van der Waals surface area contributed by atoms with Gasteiger partial charge in [-0.1, -0.05) is 61.5 Å². The summed E-state index contributed by atoms with van der Waals surface area (Å²) in [5.74, 6) is 0. The van der Waals surface area contributed by atoms with Crippen LogP contribution in [0.25, 0.3) is 0 Å². The van der Waals surface area contributed by atoms with E-state index in [9.17, 15) is 4.79 Å². The topological polar surface area (TPSA) is 41.1 Å². The highest BCUT2D eigenvalue weighted by molar-refractivity contribution is 5.74. The molecule has 0 saturated heterocycles. The summed E-state index contributed by atoms with van der Waals surface area (Å²) in [6.07, 6.45) is 1.03. The molecule has 2 amide bonds. The van der Waals surface area contributed by atoms with E-state index >= 15 is 0 Å². The minimum Gasteiger partial charge on any atom is -0.334 e. The summed E-state index contributed by atoms with van der Waals surface area (Å²) >= 11 is 0. The molecule has 0 aromatic heterocycles. The Balaban J connectivity index is 1.83. The fraction of sp³-hybridized carbons (Fsp3) is 0.278. The highest BCUT2D eigenvalue weighted by atomic mass is 16.2. The molecule has 21 heavy (non-hydrogen) atoms. The van der Waals surface area contributed by atoms with E-state index in [0.717, 1.165) is 17.5 Å². The first-order valence-electron chi connectivity index (χ1n) is 7.36. The van der Waals surface area contributed by atoms with Gasteiger partial charge >= 0.3 is 6.03 Å². The Morgan fingerprint density at radius 3 is 2.29 bits per heavy atom. The van der Waals surface area contributed by atoms with E-state index in [4.69, 9.17) is 0 Å². The summed E-state index contributed by atoms with van der Waals surface area (Å²) in [4.78, 5) is 11.9. The second-order valence-electron chi connectivity index (χ2n) is 5.13. The van der Waals surface area contributed by atoms with Gasteiger partial charge in [0.25, 0.3) is 0 Å². The molecule has 1 atom stereocenters. The first kappa shape index (κ1) is 15.1. The Morgan fingerprint density at radius 1 is 1.00 bits per heavy atom. The third-order valence-electron chi connectivity index (χ3n) is 3.53. The largest absolute Gasteiger partial charge is 0.334 e. The van der Waals surface area contributed by atoms with Crippen molar-refractivity contribution < 1.29 is 4.79 Å². The third kappa shape index (κ3) is 4.63. The van der Waals surface area contributed by atoms with Crippen LogP contribution in [0, 0.1) is 0 Å². The predicted octanol–water partition coefficient (Wildman–Crippen LogP) is 3.81. The maximum atomic E-state index is 11.9. The van der Waals surface area contributed by atoms with Crippen molar-refractivity contribution in [2.75, 3.05) is 0 Å². The van der Waals surface area contributed by atoms with Gasteiger partial charge in [-0.3, -0.25) is 0 Å². The quantitative estimate of drug-likeness (QED) is 0.860. The van der Waals surface area contributed by atoms with Gasteiger partial charge in [-0.15, -0.1) is 0 Å². The molecule has 2 N–H and O–H groups in total. The van der Waals surface area contributed by atoms with Gasteiger partial charge in [-0.25, -0.2) is 4.79 Å². The molecule has 1 unspecified atom stereocenters. The van der Waals surface area contributed by atoms with Crippen molar-refractivity contribution in [1.82, 2.24) is 10.6 Å². The highest BCUT2D eigenvalue weighted by Gasteiger charge is 2.08. The van der Waals surface area contributed by atoms with E-state index < -0.39 is 0 Å². The maximum Gasteiger partial charge on any atom is 0.315 e. The Kier molecular flexibility index (Phi) is 5.38. The van der Waals surface area contributed by atoms with E-state index in [0.29, 0.717) is 6.54 Å². The summed E-state index contributed by atoms with van der Waals surface area (Å²) < 4.78 is 0. The van der Waals surface area contributed by atoms with Crippen molar-refractivity contribution in [3.63, 3.8) is 0 Å². The first-order valence-corrected chi connectivity index (χ1v) is 7.36. The Labute approximate surface area is 126 Å². The van der Waals surface area contributed by atoms with Crippen LogP contribution in [-0.2, 0) is 13.0 Å². The van der Waals surface area contributed by atoms with Crippen LogP contribution in [0.3, 0.4) is 0 Å². The van der Waals surface area contributed by atoms with Gasteiger partial charge in [0.1, 0.15) is 0 Å². The molecule has 0 bridgehead atoms. The van der Waals surface area contributed by atoms with Crippen molar-refractivity contribution in [1.29, 1.82) is 0 Å². The molecule has 0 aliphatic heterocycles. The number of carbonyl (C=O) groups is 1. The van der Waals surface area contributed by atoms with Crippen LogP contribution in [-0.4, -0.2) is 6.03 Å². The molecule has 3 nitrogen and oxygen atoms in total. The van der Waals surface area contributed by atoms with Gasteiger partial charge in [-0.05, 0) is 30.0 Å². The smallest absolute Gasteiger partial charge is 0.315 e. The zero-order valence-electron chi connectivity index (χ0n) is 12.6. The van der Waals surface area contributed by atoms with Crippen LogP contribution >= 0.6 is 0 Å². The molecule has 0 radical (unpaired) electrons. The van der Waals surface area contributed by atoms with Gasteiger partial charge in [-0.2, -0.15) is 0 Å². The minimum absolute atomic E-state index is 0.00770. The summed E-state index contributed by atoms with van der Waals surface area (Å²) in [5.41, 5.74) is 3.51. The van der Waals surface area contributed by atoms with Crippen LogP contribution in [0.2, 0.25) is 0 Å². The van der Waals surface area contributed by atoms with E-state index in [1.165, 1.54) is 5.56 Å². The van der Waals surface area contributed by atoms with Gasteiger partial charge in [0, 0.05) is 6.54 Å².